The molecule has 16 heavy (non-hydrogen) atoms. The fourth-order valence-electron chi connectivity index (χ4n) is 1.72. The lowest BCUT2D eigenvalue weighted by atomic mass is 10.1. The van der Waals surface area contributed by atoms with Gasteiger partial charge in [-0.1, -0.05) is 47.1 Å². The zero-order valence-corrected chi connectivity index (χ0v) is 11.1. The molecule has 1 atom stereocenters. The monoisotopic (exact) mass is 278 g/mol. The second-order valence-electron chi connectivity index (χ2n) is 3.93. The van der Waals surface area contributed by atoms with E-state index in [1.54, 1.807) is 6.26 Å². The van der Waals surface area contributed by atoms with E-state index in [0.29, 0.717) is 0 Å². The van der Waals surface area contributed by atoms with Gasteiger partial charge in [-0.25, -0.2) is 0 Å². The summed E-state index contributed by atoms with van der Waals surface area (Å²) >= 11 is 3.68. The molecule has 0 spiro atoms. The summed E-state index contributed by atoms with van der Waals surface area (Å²) < 4.78 is 5.49. The number of halogens is 1. The van der Waals surface area contributed by atoms with Gasteiger partial charge in [0.05, 0.1) is 11.1 Å². The molecule has 0 bridgehead atoms. The zero-order valence-electron chi connectivity index (χ0n) is 9.53. The molecule has 1 aromatic heterocycles. The quantitative estimate of drug-likeness (QED) is 0.746. The van der Waals surface area contributed by atoms with E-state index in [1.165, 1.54) is 16.7 Å². The van der Waals surface area contributed by atoms with Gasteiger partial charge in [-0.2, -0.15) is 0 Å². The van der Waals surface area contributed by atoms with E-state index in [-0.39, 0.29) is 4.83 Å². The predicted octanol–water partition coefficient (Wildman–Crippen LogP) is 4.63. The van der Waals surface area contributed by atoms with Gasteiger partial charge in [0.25, 0.3) is 0 Å². The molecule has 0 fully saturated rings. The van der Waals surface area contributed by atoms with Crippen LogP contribution in [0.5, 0.6) is 0 Å². The van der Waals surface area contributed by atoms with Gasteiger partial charge in [-0.05, 0) is 36.1 Å². The Morgan fingerprint density at radius 2 is 1.88 bits per heavy atom. The molecule has 0 aliphatic heterocycles. The molecule has 0 saturated heterocycles. The Morgan fingerprint density at radius 1 is 1.19 bits per heavy atom. The molecule has 84 valence electrons. The summed E-state index contributed by atoms with van der Waals surface area (Å²) in [4.78, 5) is 0.147. The number of alkyl halides is 1. The molecule has 2 aromatic rings. The highest BCUT2D eigenvalue weighted by Crippen LogP contribution is 2.33. The number of hydrogen-bond donors (Lipinski definition) is 0. The Balaban J connectivity index is 2.27. The Hall–Kier alpha value is -1.02. The Morgan fingerprint density at radius 3 is 2.38 bits per heavy atom. The van der Waals surface area contributed by atoms with Gasteiger partial charge in [0.1, 0.15) is 5.76 Å². The van der Waals surface area contributed by atoms with Crippen LogP contribution in [-0.2, 0) is 6.42 Å². The highest BCUT2D eigenvalue weighted by molar-refractivity contribution is 9.09. The lowest BCUT2D eigenvalue weighted by Crippen LogP contribution is -1.93. The van der Waals surface area contributed by atoms with Crippen LogP contribution >= 0.6 is 15.9 Å². The van der Waals surface area contributed by atoms with E-state index in [0.717, 1.165) is 12.2 Å². The zero-order chi connectivity index (χ0) is 11.5. The number of rotatable bonds is 3. The Labute approximate surface area is 105 Å². The van der Waals surface area contributed by atoms with Crippen molar-refractivity contribution in [2.24, 2.45) is 0 Å². The Bertz CT molecular complexity index is 456. The van der Waals surface area contributed by atoms with E-state index in [2.05, 4.69) is 54.0 Å². The van der Waals surface area contributed by atoms with E-state index in [4.69, 9.17) is 4.42 Å². The molecule has 2 rings (SSSR count). The Kier molecular flexibility index (Phi) is 3.49. The van der Waals surface area contributed by atoms with Crippen LogP contribution in [0.1, 0.15) is 34.2 Å². The van der Waals surface area contributed by atoms with Crippen molar-refractivity contribution >= 4 is 15.9 Å². The van der Waals surface area contributed by atoms with E-state index in [1.807, 2.05) is 6.07 Å². The SMILES string of the molecule is CCc1ccc(C(Br)c2occc2C)cc1. The van der Waals surface area contributed by atoms with Crippen molar-refractivity contribution in [2.45, 2.75) is 25.1 Å². The first kappa shape index (κ1) is 11.5. The molecule has 0 amide bonds. The van der Waals surface area contributed by atoms with Crippen LogP contribution in [0.15, 0.2) is 41.0 Å². The van der Waals surface area contributed by atoms with Crippen molar-refractivity contribution in [2.75, 3.05) is 0 Å². The largest absolute Gasteiger partial charge is 0.468 e. The highest BCUT2D eigenvalue weighted by atomic mass is 79.9. The molecule has 0 saturated carbocycles. The third-order valence-corrected chi connectivity index (χ3v) is 3.76. The van der Waals surface area contributed by atoms with Gasteiger partial charge in [0.15, 0.2) is 0 Å². The molecule has 1 nitrogen and oxygen atoms in total. The highest BCUT2D eigenvalue weighted by Gasteiger charge is 2.15. The molecular formula is C14H15BrO. The van der Waals surface area contributed by atoms with E-state index in [9.17, 15) is 0 Å². The lowest BCUT2D eigenvalue weighted by molar-refractivity contribution is 0.517. The third kappa shape index (κ3) is 2.22. The molecule has 0 N–H and O–H groups in total. The molecule has 0 radical (unpaired) electrons. The van der Waals surface area contributed by atoms with Crippen molar-refractivity contribution in [1.29, 1.82) is 0 Å². The van der Waals surface area contributed by atoms with Crippen molar-refractivity contribution in [3.8, 4) is 0 Å². The van der Waals surface area contributed by atoms with Gasteiger partial charge in [-0.15, -0.1) is 0 Å². The average molecular weight is 279 g/mol. The van der Waals surface area contributed by atoms with Gasteiger partial charge >= 0.3 is 0 Å². The predicted molar refractivity (Wildman–Crippen MR) is 70.0 cm³/mol. The molecule has 1 aromatic carbocycles. The first-order valence-corrected chi connectivity index (χ1v) is 6.41. The van der Waals surface area contributed by atoms with Crippen LogP contribution in [0.3, 0.4) is 0 Å². The molecule has 0 aliphatic carbocycles. The van der Waals surface area contributed by atoms with Crippen LogP contribution in [0.4, 0.5) is 0 Å². The topological polar surface area (TPSA) is 13.1 Å². The first-order chi connectivity index (χ1) is 7.72. The second-order valence-corrected chi connectivity index (χ2v) is 4.84. The number of benzene rings is 1. The molecular weight excluding hydrogens is 264 g/mol. The minimum atomic E-state index is 0.147. The fourth-order valence-corrected chi connectivity index (χ4v) is 2.49. The van der Waals surface area contributed by atoms with Gasteiger partial charge < -0.3 is 4.42 Å². The summed E-state index contributed by atoms with van der Waals surface area (Å²) in [7, 11) is 0. The number of aryl methyl sites for hydroxylation is 2. The number of furan rings is 1. The maximum atomic E-state index is 5.49. The van der Waals surface area contributed by atoms with E-state index >= 15 is 0 Å². The van der Waals surface area contributed by atoms with Crippen molar-refractivity contribution in [3.63, 3.8) is 0 Å². The van der Waals surface area contributed by atoms with Crippen LogP contribution < -0.4 is 0 Å². The summed E-state index contributed by atoms with van der Waals surface area (Å²) in [5, 5.41) is 0. The lowest BCUT2D eigenvalue weighted by Gasteiger charge is -2.09. The third-order valence-electron chi connectivity index (χ3n) is 2.81. The average Bonchev–Trinajstić information content (AvgIpc) is 2.75. The normalized spacial score (nSPS) is 12.7. The van der Waals surface area contributed by atoms with Crippen molar-refractivity contribution in [3.05, 3.63) is 59.0 Å². The van der Waals surface area contributed by atoms with Crippen molar-refractivity contribution < 1.29 is 4.42 Å². The van der Waals surface area contributed by atoms with Crippen molar-refractivity contribution in [1.82, 2.24) is 0 Å². The number of hydrogen-bond acceptors (Lipinski definition) is 1. The van der Waals surface area contributed by atoms with Gasteiger partial charge in [0, 0.05) is 0 Å². The summed E-state index contributed by atoms with van der Waals surface area (Å²) in [6, 6.07) is 10.6. The van der Waals surface area contributed by atoms with Crippen LogP contribution in [0.2, 0.25) is 0 Å². The summed E-state index contributed by atoms with van der Waals surface area (Å²) in [6.45, 7) is 4.23. The fraction of sp³-hybridized carbons (Fsp3) is 0.286. The second kappa shape index (κ2) is 4.88. The summed E-state index contributed by atoms with van der Waals surface area (Å²) in [6.07, 6.45) is 2.81. The minimum absolute atomic E-state index is 0.147. The van der Waals surface area contributed by atoms with Crippen LogP contribution in [0.25, 0.3) is 0 Å². The maximum absolute atomic E-state index is 5.49. The van der Waals surface area contributed by atoms with Gasteiger partial charge in [-0.3, -0.25) is 0 Å². The smallest absolute Gasteiger partial charge is 0.124 e. The summed E-state index contributed by atoms with van der Waals surface area (Å²) in [5.41, 5.74) is 3.77. The standard InChI is InChI=1S/C14H15BrO/c1-3-11-4-6-12(7-5-11)13(15)14-10(2)8-9-16-14/h4-9,13H,3H2,1-2H3. The maximum Gasteiger partial charge on any atom is 0.124 e. The first-order valence-electron chi connectivity index (χ1n) is 5.49. The molecule has 0 aliphatic rings. The molecule has 2 heteroatoms. The van der Waals surface area contributed by atoms with Gasteiger partial charge in [0.2, 0.25) is 0 Å². The molecule has 1 heterocycles. The minimum Gasteiger partial charge on any atom is -0.468 e. The summed E-state index contributed by atoms with van der Waals surface area (Å²) in [5.74, 6) is 0.990. The van der Waals surface area contributed by atoms with Crippen LogP contribution in [-0.4, -0.2) is 0 Å². The van der Waals surface area contributed by atoms with Crippen LogP contribution in [0, 0.1) is 6.92 Å². The van der Waals surface area contributed by atoms with E-state index < -0.39 is 0 Å². The molecule has 1 unspecified atom stereocenters.